The van der Waals surface area contributed by atoms with Crippen molar-refractivity contribution in [2.45, 2.75) is 25.7 Å². The van der Waals surface area contributed by atoms with E-state index in [0.717, 1.165) is 28.1 Å². The Kier molecular flexibility index (Phi) is 3.98. The molecule has 4 nitrogen and oxygen atoms in total. The Balaban J connectivity index is 1.67. The molecule has 0 radical (unpaired) electrons. The summed E-state index contributed by atoms with van der Waals surface area (Å²) in [7, 11) is 0. The number of anilines is 1. The summed E-state index contributed by atoms with van der Waals surface area (Å²) in [6.45, 7) is 2.03. The summed E-state index contributed by atoms with van der Waals surface area (Å²) in [6, 6.07) is 9.45. The normalized spacial score (nSPS) is 19.7. The highest BCUT2D eigenvalue weighted by Gasteiger charge is 2.43. The van der Waals surface area contributed by atoms with Crippen LogP contribution in [0.3, 0.4) is 0 Å². The fraction of sp³-hybridized carbons (Fsp3) is 0.294. The van der Waals surface area contributed by atoms with Crippen molar-refractivity contribution in [3.8, 4) is 0 Å². The maximum Gasteiger partial charge on any atom is 0.307 e. The minimum atomic E-state index is -0.729. The summed E-state index contributed by atoms with van der Waals surface area (Å²) in [5.74, 6) is -0.952. The second kappa shape index (κ2) is 5.93. The summed E-state index contributed by atoms with van der Waals surface area (Å²) >= 11 is 1.45. The predicted molar refractivity (Wildman–Crippen MR) is 86.6 cm³/mol. The van der Waals surface area contributed by atoms with E-state index in [4.69, 9.17) is 5.11 Å². The predicted octanol–water partition coefficient (Wildman–Crippen LogP) is 3.75. The topological polar surface area (TPSA) is 66.4 Å². The second-order valence-electron chi connectivity index (χ2n) is 5.49. The van der Waals surface area contributed by atoms with Crippen molar-refractivity contribution >= 4 is 28.9 Å². The lowest BCUT2D eigenvalue weighted by Gasteiger charge is -2.06. The van der Waals surface area contributed by atoms with Gasteiger partial charge in [-0.3, -0.25) is 9.59 Å². The van der Waals surface area contributed by atoms with Crippen LogP contribution in [-0.2, 0) is 11.2 Å². The van der Waals surface area contributed by atoms with Crippen molar-refractivity contribution in [1.82, 2.24) is 0 Å². The molecule has 0 spiro atoms. The van der Waals surface area contributed by atoms with E-state index in [-0.39, 0.29) is 17.7 Å². The number of carboxylic acids is 1. The first-order valence-corrected chi connectivity index (χ1v) is 8.18. The van der Waals surface area contributed by atoms with Gasteiger partial charge in [-0.1, -0.05) is 19.1 Å². The molecule has 1 aliphatic carbocycles. The van der Waals surface area contributed by atoms with Gasteiger partial charge in [0.2, 0.25) is 0 Å². The molecule has 3 rings (SSSR count). The van der Waals surface area contributed by atoms with Gasteiger partial charge in [0, 0.05) is 5.69 Å². The molecule has 2 aromatic rings. The quantitative estimate of drug-likeness (QED) is 0.883. The van der Waals surface area contributed by atoms with Crippen molar-refractivity contribution < 1.29 is 14.7 Å². The van der Waals surface area contributed by atoms with Gasteiger partial charge in [-0.2, -0.15) is 0 Å². The Hall–Kier alpha value is -2.14. The van der Waals surface area contributed by atoms with Gasteiger partial charge in [-0.25, -0.2) is 0 Å². The molecule has 22 heavy (non-hydrogen) atoms. The van der Waals surface area contributed by atoms with Crippen molar-refractivity contribution in [3.05, 3.63) is 51.7 Å². The van der Waals surface area contributed by atoms with Crippen LogP contribution in [0.1, 0.15) is 40.1 Å². The number of aryl methyl sites for hydroxylation is 1. The van der Waals surface area contributed by atoms with E-state index >= 15 is 0 Å². The maximum atomic E-state index is 12.2. The largest absolute Gasteiger partial charge is 0.481 e. The second-order valence-corrected chi connectivity index (χ2v) is 6.41. The molecular formula is C17H17NO3S. The minimum Gasteiger partial charge on any atom is -0.481 e. The van der Waals surface area contributed by atoms with Crippen LogP contribution in [0.25, 0.3) is 0 Å². The van der Waals surface area contributed by atoms with Gasteiger partial charge in [0.15, 0.2) is 0 Å². The van der Waals surface area contributed by atoms with Crippen LogP contribution in [0.15, 0.2) is 35.7 Å². The van der Waals surface area contributed by atoms with Crippen LogP contribution < -0.4 is 5.32 Å². The number of benzene rings is 1. The number of nitrogens with one attached hydrogen (secondary N) is 1. The molecule has 1 saturated carbocycles. The van der Waals surface area contributed by atoms with E-state index in [2.05, 4.69) is 5.32 Å². The van der Waals surface area contributed by atoms with Crippen LogP contribution in [0.2, 0.25) is 0 Å². The van der Waals surface area contributed by atoms with Crippen LogP contribution in [0, 0.1) is 5.92 Å². The molecule has 0 unspecified atom stereocenters. The number of rotatable bonds is 5. The number of aliphatic carboxylic acids is 1. The summed E-state index contributed by atoms with van der Waals surface area (Å²) < 4.78 is 0. The van der Waals surface area contributed by atoms with Crippen LogP contribution in [0.5, 0.6) is 0 Å². The average molecular weight is 315 g/mol. The monoisotopic (exact) mass is 315 g/mol. The molecule has 5 heteroatoms. The molecule has 1 fully saturated rings. The highest BCUT2D eigenvalue weighted by molar-refractivity contribution is 7.12. The highest BCUT2D eigenvalue weighted by Crippen LogP contribution is 2.47. The average Bonchev–Trinajstić information content (AvgIpc) is 3.17. The zero-order valence-corrected chi connectivity index (χ0v) is 13.0. The molecule has 0 aliphatic heterocycles. The van der Waals surface area contributed by atoms with Crippen LogP contribution >= 0.6 is 11.3 Å². The number of carbonyl (C=O) groups is 2. The first kappa shape index (κ1) is 14.8. The van der Waals surface area contributed by atoms with E-state index in [1.54, 1.807) is 0 Å². The van der Waals surface area contributed by atoms with E-state index in [9.17, 15) is 9.59 Å². The third kappa shape index (κ3) is 2.90. The SMILES string of the molecule is CCc1ccsc1C(=O)Nc1ccc([C@@H]2C[C@H]2C(=O)O)cc1. The van der Waals surface area contributed by atoms with Gasteiger partial charge in [0.1, 0.15) is 0 Å². The van der Waals surface area contributed by atoms with E-state index < -0.39 is 5.97 Å². The fourth-order valence-electron chi connectivity index (χ4n) is 2.65. The van der Waals surface area contributed by atoms with Crippen molar-refractivity contribution in [1.29, 1.82) is 0 Å². The van der Waals surface area contributed by atoms with Gasteiger partial charge >= 0.3 is 5.97 Å². The lowest BCUT2D eigenvalue weighted by Crippen LogP contribution is -2.11. The number of hydrogen-bond acceptors (Lipinski definition) is 3. The fourth-order valence-corrected chi connectivity index (χ4v) is 3.54. The first-order valence-electron chi connectivity index (χ1n) is 7.30. The lowest BCUT2D eigenvalue weighted by molar-refractivity contribution is -0.138. The molecule has 2 atom stereocenters. The summed E-state index contributed by atoms with van der Waals surface area (Å²) in [6.07, 6.45) is 1.54. The van der Waals surface area contributed by atoms with E-state index in [1.165, 1.54) is 11.3 Å². The molecule has 1 aromatic carbocycles. The Morgan fingerprint density at radius 2 is 2.00 bits per heavy atom. The number of carbonyl (C=O) groups excluding carboxylic acids is 1. The summed E-state index contributed by atoms with van der Waals surface area (Å²) in [5.41, 5.74) is 2.81. The van der Waals surface area contributed by atoms with Gasteiger partial charge < -0.3 is 10.4 Å². The molecular weight excluding hydrogens is 298 g/mol. The number of carboxylic acid groups (broad SMARTS) is 1. The van der Waals surface area contributed by atoms with Gasteiger partial charge in [-0.15, -0.1) is 11.3 Å². The molecule has 1 amide bonds. The molecule has 0 saturated heterocycles. The Bertz CT molecular complexity index is 705. The minimum absolute atomic E-state index is 0.0885. The highest BCUT2D eigenvalue weighted by atomic mass is 32.1. The maximum absolute atomic E-state index is 12.2. The van der Waals surface area contributed by atoms with Crippen molar-refractivity contribution in [3.63, 3.8) is 0 Å². The van der Waals surface area contributed by atoms with Crippen molar-refractivity contribution in [2.75, 3.05) is 5.32 Å². The Morgan fingerprint density at radius 3 is 2.59 bits per heavy atom. The van der Waals surface area contributed by atoms with Gasteiger partial charge in [0.05, 0.1) is 10.8 Å². The number of thiophene rings is 1. The third-order valence-corrected chi connectivity index (χ3v) is 4.99. The first-order chi connectivity index (χ1) is 10.6. The Morgan fingerprint density at radius 1 is 1.27 bits per heavy atom. The van der Waals surface area contributed by atoms with E-state index in [1.807, 2.05) is 42.6 Å². The third-order valence-electron chi connectivity index (χ3n) is 4.04. The van der Waals surface area contributed by atoms with E-state index in [0.29, 0.717) is 6.42 Å². The standard InChI is InChI=1S/C17H17NO3S/c1-2-10-7-8-22-15(10)16(19)18-12-5-3-11(4-6-12)13-9-14(13)17(20)21/h3-8,13-14H,2,9H2,1H3,(H,18,19)(H,20,21)/t13-,14+/m0/s1. The molecule has 0 bridgehead atoms. The summed E-state index contributed by atoms with van der Waals surface area (Å²) in [4.78, 5) is 23.9. The summed E-state index contributed by atoms with van der Waals surface area (Å²) in [5, 5.41) is 13.8. The smallest absolute Gasteiger partial charge is 0.307 e. The van der Waals surface area contributed by atoms with Crippen LogP contribution in [0.4, 0.5) is 5.69 Å². The number of hydrogen-bond donors (Lipinski definition) is 2. The molecule has 1 aliphatic rings. The molecule has 114 valence electrons. The number of amides is 1. The zero-order chi connectivity index (χ0) is 15.7. The van der Waals surface area contributed by atoms with Gasteiger partial charge in [-0.05, 0) is 53.5 Å². The Labute approximate surface area is 132 Å². The molecule has 2 N–H and O–H groups in total. The lowest BCUT2D eigenvalue weighted by atomic mass is 10.1. The molecule has 1 heterocycles. The van der Waals surface area contributed by atoms with Crippen molar-refractivity contribution in [2.24, 2.45) is 5.92 Å². The van der Waals surface area contributed by atoms with Gasteiger partial charge in [0.25, 0.3) is 5.91 Å². The van der Waals surface area contributed by atoms with Crippen LogP contribution in [-0.4, -0.2) is 17.0 Å². The zero-order valence-electron chi connectivity index (χ0n) is 12.2. The molecule has 1 aromatic heterocycles.